The largest absolute Gasteiger partial charge is 0.490 e. The molecule has 3 rings (SSSR count). The summed E-state index contributed by atoms with van der Waals surface area (Å²) in [5.74, 6) is 0.692. The van der Waals surface area contributed by atoms with Crippen molar-refractivity contribution in [1.82, 2.24) is 14.9 Å². The highest BCUT2D eigenvalue weighted by Crippen LogP contribution is 2.22. The van der Waals surface area contributed by atoms with Crippen LogP contribution in [-0.2, 0) is 7.05 Å². The number of hydrogen-bond donors (Lipinski definition) is 2. The van der Waals surface area contributed by atoms with Crippen molar-refractivity contribution in [3.8, 4) is 5.75 Å². The second-order valence-electron chi connectivity index (χ2n) is 6.81. The summed E-state index contributed by atoms with van der Waals surface area (Å²) in [4.78, 5) is 16.0. The standard InChI is InChI=1S/C22H24FN3O3/c1-15(27)19-8-3-4-9-20(19)29-14-18(28)13-25-21(22-24-10-11-26(22)2)16-6-5-7-17(23)12-16/h3-12,18,21,25,28H,13-14H2,1-2H3. The van der Waals surface area contributed by atoms with Crippen LogP contribution in [0.1, 0.15) is 34.7 Å². The molecule has 0 aliphatic heterocycles. The van der Waals surface area contributed by atoms with E-state index in [4.69, 9.17) is 4.74 Å². The Kier molecular flexibility index (Phi) is 6.74. The lowest BCUT2D eigenvalue weighted by molar-refractivity contribution is 0.0967. The van der Waals surface area contributed by atoms with Crippen molar-refractivity contribution in [1.29, 1.82) is 0 Å². The van der Waals surface area contributed by atoms with Crippen LogP contribution >= 0.6 is 0 Å². The van der Waals surface area contributed by atoms with Crippen LogP contribution in [0.4, 0.5) is 4.39 Å². The number of rotatable bonds is 9. The number of Topliss-reactive ketones (excluding diaryl/α,β-unsaturated/α-hetero) is 1. The first-order chi connectivity index (χ1) is 14.0. The number of aromatic nitrogens is 2. The number of carbonyl (C=O) groups excluding carboxylic acids is 1. The lowest BCUT2D eigenvalue weighted by Crippen LogP contribution is -2.35. The smallest absolute Gasteiger partial charge is 0.163 e. The highest BCUT2D eigenvalue weighted by molar-refractivity contribution is 5.96. The van der Waals surface area contributed by atoms with E-state index in [9.17, 15) is 14.3 Å². The van der Waals surface area contributed by atoms with Crippen molar-refractivity contribution in [2.75, 3.05) is 13.2 Å². The van der Waals surface area contributed by atoms with Crippen LogP contribution in [-0.4, -0.2) is 39.7 Å². The SMILES string of the molecule is CC(=O)c1ccccc1OCC(O)CNC(c1cccc(F)c1)c1nccn1C. The van der Waals surface area contributed by atoms with Gasteiger partial charge in [0.15, 0.2) is 5.78 Å². The normalized spacial score (nSPS) is 13.1. The Morgan fingerprint density at radius 2 is 2.07 bits per heavy atom. The second-order valence-corrected chi connectivity index (χ2v) is 6.81. The predicted molar refractivity (Wildman–Crippen MR) is 107 cm³/mol. The summed E-state index contributed by atoms with van der Waals surface area (Å²) >= 11 is 0. The molecule has 7 heteroatoms. The number of nitrogens with one attached hydrogen (secondary N) is 1. The predicted octanol–water partition coefficient (Wildman–Crippen LogP) is 2.88. The number of halogens is 1. The first-order valence-corrected chi connectivity index (χ1v) is 9.32. The van der Waals surface area contributed by atoms with Gasteiger partial charge in [0.2, 0.25) is 0 Å². The number of aliphatic hydroxyl groups excluding tert-OH is 1. The van der Waals surface area contributed by atoms with E-state index >= 15 is 0 Å². The molecule has 29 heavy (non-hydrogen) atoms. The molecule has 0 fully saturated rings. The molecule has 0 radical (unpaired) electrons. The van der Waals surface area contributed by atoms with E-state index in [-0.39, 0.29) is 24.8 Å². The molecule has 0 amide bonds. The molecule has 2 unspecified atom stereocenters. The number of ether oxygens (including phenoxy) is 1. The second kappa shape index (κ2) is 9.45. The van der Waals surface area contributed by atoms with Gasteiger partial charge in [-0.15, -0.1) is 0 Å². The minimum absolute atomic E-state index is 0.00767. The molecule has 2 aromatic carbocycles. The molecule has 0 saturated carbocycles. The highest BCUT2D eigenvalue weighted by atomic mass is 19.1. The number of para-hydroxylation sites is 1. The maximum absolute atomic E-state index is 13.7. The summed E-state index contributed by atoms with van der Waals surface area (Å²) in [5.41, 5.74) is 1.17. The van der Waals surface area contributed by atoms with Crippen LogP contribution in [0.15, 0.2) is 60.9 Å². The molecule has 152 valence electrons. The zero-order valence-electron chi connectivity index (χ0n) is 16.4. The third-order valence-electron chi connectivity index (χ3n) is 4.55. The highest BCUT2D eigenvalue weighted by Gasteiger charge is 2.20. The van der Waals surface area contributed by atoms with Crippen LogP contribution < -0.4 is 10.1 Å². The lowest BCUT2D eigenvalue weighted by Gasteiger charge is -2.21. The molecule has 0 aliphatic rings. The van der Waals surface area contributed by atoms with Crippen molar-refractivity contribution >= 4 is 5.78 Å². The fourth-order valence-electron chi connectivity index (χ4n) is 3.08. The number of aliphatic hydroxyl groups is 1. The fourth-order valence-corrected chi connectivity index (χ4v) is 3.08. The van der Waals surface area contributed by atoms with Gasteiger partial charge in [-0.2, -0.15) is 0 Å². The Morgan fingerprint density at radius 3 is 2.76 bits per heavy atom. The zero-order chi connectivity index (χ0) is 20.8. The van der Waals surface area contributed by atoms with Crippen LogP contribution in [0.25, 0.3) is 0 Å². The maximum Gasteiger partial charge on any atom is 0.163 e. The summed E-state index contributed by atoms with van der Waals surface area (Å²) in [6, 6.07) is 12.8. The van der Waals surface area contributed by atoms with Gasteiger partial charge in [-0.3, -0.25) is 4.79 Å². The van der Waals surface area contributed by atoms with E-state index in [0.717, 1.165) is 0 Å². The monoisotopic (exact) mass is 397 g/mol. The van der Waals surface area contributed by atoms with Crippen LogP contribution in [0.5, 0.6) is 5.75 Å². The van der Waals surface area contributed by atoms with Gasteiger partial charge in [0.05, 0.1) is 11.6 Å². The number of ketones is 1. The number of nitrogens with zero attached hydrogens (tertiary/aromatic N) is 2. The van der Waals surface area contributed by atoms with E-state index in [1.54, 1.807) is 42.6 Å². The molecule has 3 aromatic rings. The summed E-state index contributed by atoms with van der Waals surface area (Å²) < 4.78 is 21.2. The fraction of sp³-hybridized carbons (Fsp3) is 0.273. The van der Waals surface area contributed by atoms with Gasteiger partial charge in [-0.05, 0) is 36.8 Å². The quantitative estimate of drug-likeness (QED) is 0.543. The van der Waals surface area contributed by atoms with Gasteiger partial charge in [0.25, 0.3) is 0 Å². The van der Waals surface area contributed by atoms with Gasteiger partial charge < -0.3 is 19.7 Å². The van der Waals surface area contributed by atoms with Crippen LogP contribution in [0.3, 0.4) is 0 Å². The summed E-state index contributed by atoms with van der Waals surface area (Å²) in [6.45, 7) is 1.67. The molecule has 0 saturated heterocycles. The molecule has 6 nitrogen and oxygen atoms in total. The van der Waals surface area contributed by atoms with E-state index in [1.807, 2.05) is 17.8 Å². The number of carbonyl (C=O) groups is 1. The van der Waals surface area contributed by atoms with Gasteiger partial charge in [-0.25, -0.2) is 9.37 Å². The van der Waals surface area contributed by atoms with E-state index < -0.39 is 12.1 Å². The van der Waals surface area contributed by atoms with E-state index in [2.05, 4.69) is 10.3 Å². The van der Waals surface area contributed by atoms with Crippen molar-refractivity contribution in [3.05, 3.63) is 83.7 Å². The zero-order valence-corrected chi connectivity index (χ0v) is 16.4. The molecule has 0 spiro atoms. The summed E-state index contributed by atoms with van der Waals surface area (Å²) in [7, 11) is 1.86. The summed E-state index contributed by atoms with van der Waals surface area (Å²) in [5, 5.41) is 13.6. The average Bonchev–Trinajstić information content (AvgIpc) is 3.12. The first kappa shape index (κ1) is 20.7. The maximum atomic E-state index is 13.7. The minimum atomic E-state index is -0.841. The van der Waals surface area contributed by atoms with E-state index in [0.29, 0.717) is 22.7 Å². The van der Waals surface area contributed by atoms with Gasteiger partial charge >= 0.3 is 0 Å². The molecular weight excluding hydrogens is 373 g/mol. The van der Waals surface area contributed by atoms with Gasteiger partial charge in [-0.1, -0.05) is 24.3 Å². The van der Waals surface area contributed by atoms with E-state index in [1.165, 1.54) is 19.1 Å². The third-order valence-corrected chi connectivity index (χ3v) is 4.55. The number of hydrogen-bond acceptors (Lipinski definition) is 5. The molecule has 2 N–H and O–H groups in total. The molecule has 0 bridgehead atoms. The Bertz CT molecular complexity index is 973. The van der Waals surface area contributed by atoms with Crippen molar-refractivity contribution in [3.63, 3.8) is 0 Å². The molecule has 1 aromatic heterocycles. The van der Waals surface area contributed by atoms with Crippen molar-refractivity contribution in [2.45, 2.75) is 19.1 Å². The Morgan fingerprint density at radius 1 is 1.28 bits per heavy atom. The number of imidazole rings is 1. The lowest BCUT2D eigenvalue weighted by atomic mass is 10.1. The number of benzene rings is 2. The molecular formula is C22H24FN3O3. The average molecular weight is 397 g/mol. The Labute approximate surface area is 169 Å². The minimum Gasteiger partial charge on any atom is -0.490 e. The topological polar surface area (TPSA) is 76.4 Å². The molecule has 1 heterocycles. The first-order valence-electron chi connectivity index (χ1n) is 9.32. The van der Waals surface area contributed by atoms with Crippen LogP contribution in [0.2, 0.25) is 0 Å². The number of aryl methyl sites for hydroxylation is 1. The van der Waals surface area contributed by atoms with Crippen molar-refractivity contribution in [2.24, 2.45) is 7.05 Å². The van der Waals surface area contributed by atoms with Crippen LogP contribution in [0, 0.1) is 5.82 Å². The Balaban J connectivity index is 1.67. The van der Waals surface area contributed by atoms with Gasteiger partial charge in [0, 0.05) is 26.0 Å². The van der Waals surface area contributed by atoms with Crippen molar-refractivity contribution < 1.29 is 19.0 Å². The molecule has 2 atom stereocenters. The van der Waals surface area contributed by atoms with Gasteiger partial charge in [0.1, 0.15) is 30.1 Å². The third kappa shape index (κ3) is 5.28. The Hall–Kier alpha value is -3.03. The molecule has 0 aliphatic carbocycles. The summed E-state index contributed by atoms with van der Waals surface area (Å²) in [6.07, 6.45) is 2.63.